The summed E-state index contributed by atoms with van der Waals surface area (Å²) in [6.07, 6.45) is -3.74. The van der Waals surface area contributed by atoms with Gasteiger partial charge < -0.3 is 25.8 Å². The van der Waals surface area contributed by atoms with E-state index in [1.54, 1.807) is 30.3 Å². The number of ether oxygens (including phenoxy) is 1. The van der Waals surface area contributed by atoms with Gasteiger partial charge in [-0.25, -0.2) is 14.6 Å². The van der Waals surface area contributed by atoms with E-state index in [2.05, 4.69) is 20.0 Å². The van der Waals surface area contributed by atoms with Gasteiger partial charge in [-0.1, -0.05) is 42.1 Å². The van der Waals surface area contributed by atoms with Crippen LogP contribution in [0.3, 0.4) is 0 Å². The number of hydrogen-bond acceptors (Lipinski definition) is 13. The Morgan fingerprint density at radius 1 is 1.33 bits per heavy atom. The number of anilines is 1. The molecule has 0 radical (unpaired) electrons. The number of carboxylic acids is 1. The van der Waals surface area contributed by atoms with Gasteiger partial charge in [0.25, 0.3) is 5.56 Å². The first-order valence-electron chi connectivity index (χ1n) is 12.6. The molecule has 0 aliphatic carbocycles. The molecule has 1 aliphatic heterocycles. The molecule has 5 atom stereocenters. The average molecular weight is 627 g/mol. The standard InChI is InChI=1S/C24H31N6O10PS/c1-23(2,20(33)34)21(35)42-10-9-38-41(37,27-11-13-7-5-4-6-8-13)40-18-15(31)24(3,36)19(39-18)30-12-26-14-16(30)28-22(25)29-17(14)32/h4-8,12,15,18-19,31,36H,9-11H2,1-3H3,(H,27,37)(H,33,34)(H3,25,28,29,32)/t15-,18?,19-,24-,41?/m1/s1. The largest absolute Gasteiger partial charge is 0.480 e. The van der Waals surface area contributed by atoms with Gasteiger partial charge in [-0.15, -0.1) is 0 Å². The highest BCUT2D eigenvalue weighted by molar-refractivity contribution is 8.13. The summed E-state index contributed by atoms with van der Waals surface area (Å²) in [4.78, 5) is 46.2. The van der Waals surface area contributed by atoms with E-state index in [1.807, 2.05) is 0 Å². The number of aromatic amines is 1. The summed E-state index contributed by atoms with van der Waals surface area (Å²) in [5.41, 5.74) is 1.90. The number of nitrogen functional groups attached to an aromatic ring is 1. The zero-order valence-corrected chi connectivity index (χ0v) is 24.5. The normalized spacial score (nSPS) is 24.1. The number of H-pyrrole nitrogens is 1. The lowest BCUT2D eigenvalue weighted by Gasteiger charge is -2.27. The number of nitrogens with zero attached hydrogens (tertiary/aromatic N) is 3. The van der Waals surface area contributed by atoms with Crippen molar-refractivity contribution in [1.82, 2.24) is 24.6 Å². The Morgan fingerprint density at radius 2 is 2.02 bits per heavy atom. The molecule has 2 aromatic heterocycles. The fraction of sp³-hybridized carbons (Fsp3) is 0.458. The highest BCUT2D eigenvalue weighted by Crippen LogP contribution is 2.50. The van der Waals surface area contributed by atoms with E-state index in [0.717, 1.165) is 6.33 Å². The number of hydrogen-bond donors (Lipinski definition) is 6. The fourth-order valence-corrected chi connectivity index (χ4v) is 6.20. The number of nitrogens with one attached hydrogen (secondary N) is 2. The Balaban J connectivity index is 1.53. The van der Waals surface area contributed by atoms with Crippen LogP contribution in [0.5, 0.6) is 0 Å². The third-order valence-electron chi connectivity index (χ3n) is 6.51. The second-order valence-corrected chi connectivity index (χ2v) is 13.0. The summed E-state index contributed by atoms with van der Waals surface area (Å²) in [5.74, 6) is -1.57. The van der Waals surface area contributed by atoms with E-state index in [0.29, 0.717) is 17.3 Å². The van der Waals surface area contributed by atoms with Gasteiger partial charge in [-0.2, -0.15) is 4.98 Å². The molecule has 1 aromatic carbocycles. The van der Waals surface area contributed by atoms with Crippen LogP contribution in [-0.4, -0.2) is 76.3 Å². The topological polar surface area (TPSA) is 241 Å². The molecule has 2 unspecified atom stereocenters. The van der Waals surface area contributed by atoms with Gasteiger partial charge in [0.15, 0.2) is 23.7 Å². The molecule has 0 bridgehead atoms. The van der Waals surface area contributed by atoms with Gasteiger partial charge in [0, 0.05) is 12.3 Å². The van der Waals surface area contributed by atoms with E-state index in [1.165, 1.54) is 25.3 Å². The minimum absolute atomic E-state index is 0.0109. The monoisotopic (exact) mass is 626 g/mol. The molecular weight excluding hydrogens is 595 g/mol. The first-order chi connectivity index (χ1) is 19.7. The number of aliphatic hydroxyl groups is 2. The minimum atomic E-state index is -4.32. The number of carbonyl (C=O) groups excluding carboxylic acids is 1. The molecule has 18 heteroatoms. The number of carboxylic acid groups (broad SMARTS) is 1. The van der Waals surface area contributed by atoms with E-state index >= 15 is 0 Å². The molecule has 4 rings (SSSR count). The fourth-order valence-electron chi connectivity index (χ4n) is 3.90. The van der Waals surface area contributed by atoms with Gasteiger partial charge in [-0.05, 0) is 26.3 Å². The quantitative estimate of drug-likeness (QED) is 0.0932. The van der Waals surface area contributed by atoms with Crippen molar-refractivity contribution in [2.24, 2.45) is 5.41 Å². The number of fused-ring (bicyclic) bond motifs is 1. The average Bonchev–Trinajstić information content (AvgIpc) is 3.44. The second kappa shape index (κ2) is 12.2. The molecule has 0 saturated carbocycles. The van der Waals surface area contributed by atoms with Crippen molar-refractivity contribution in [1.29, 1.82) is 0 Å². The summed E-state index contributed by atoms with van der Waals surface area (Å²) in [6.45, 7) is 3.48. The van der Waals surface area contributed by atoms with E-state index < -0.39 is 54.0 Å². The molecule has 3 aromatic rings. The van der Waals surface area contributed by atoms with Crippen LogP contribution < -0.4 is 16.4 Å². The van der Waals surface area contributed by atoms with Crippen molar-refractivity contribution in [2.75, 3.05) is 18.1 Å². The van der Waals surface area contributed by atoms with Crippen molar-refractivity contribution < 1.29 is 43.3 Å². The van der Waals surface area contributed by atoms with Gasteiger partial charge in [0.2, 0.25) is 11.1 Å². The Hall–Kier alpha value is -3.15. The molecule has 228 valence electrons. The molecule has 42 heavy (non-hydrogen) atoms. The van der Waals surface area contributed by atoms with Crippen molar-refractivity contribution in [3.63, 3.8) is 0 Å². The molecule has 0 spiro atoms. The lowest BCUT2D eigenvalue weighted by atomic mass is 9.96. The van der Waals surface area contributed by atoms with Crippen LogP contribution in [0.2, 0.25) is 0 Å². The van der Waals surface area contributed by atoms with Gasteiger partial charge in [0.1, 0.15) is 17.1 Å². The van der Waals surface area contributed by atoms with Crippen LogP contribution in [0.1, 0.15) is 32.6 Å². The highest BCUT2D eigenvalue weighted by atomic mass is 32.2. The predicted molar refractivity (Wildman–Crippen MR) is 150 cm³/mol. The molecule has 1 aliphatic rings. The zero-order chi connectivity index (χ0) is 30.9. The molecule has 3 heterocycles. The third kappa shape index (κ3) is 6.58. The minimum Gasteiger partial charge on any atom is -0.480 e. The highest BCUT2D eigenvalue weighted by Gasteiger charge is 2.56. The summed E-state index contributed by atoms with van der Waals surface area (Å²) in [5, 5.41) is 33.4. The Bertz CT molecular complexity index is 1560. The number of rotatable bonds is 12. The number of benzene rings is 1. The van der Waals surface area contributed by atoms with Crippen LogP contribution in [0.4, 0.5) is 5.95 Å². The first kappa shape index (κ1) is 31.8. The number of aliphatic hydroxyl groups excluding tert-OH is 1. The van der Waals surface area contributed by atoms with Gasteiger partial charge >= 0.3 is 13.7 Å². The number of carbonyl (C=O) groups is 2. The number of nitrogens with two attached hydrogens (primary N) is 1. The first-order valence-corrected chi connectivity index (χ1v) is 15.1. The van der Waals surface area contributed by atoms with Crippen molar-refractivity contribution in [2.45, 2.75) is 51.5 Å². The summed E-state index contributed by atoms with van der Waals surface area (Å²) < 4.78 is 31.9. The Labute approximate surface area is 243 Å². The zero-order valence-electron chi connectivity index (χ0n) is 22.8. The lowest BCUT2D eigenvalue weighted by molar-refractivity contribution is -0.149. The van der Waals surface area contributed by atoms with Crippen molar-refractivity contribution >= 4 is 47.7 Å². The molecule has 1 fully saturated rings. The molecule has 7 N–H and O–H groups in total. The summed E-state index contributed by atoms with van der Waals surface area (Å²) in [6, 6.07) is 8.84. The maximum Gasteiger partial charge on any atom is 0.408 e. The van der Waals surface area contributed by atoms with Crippen molar-refractivity contribution in [3.05, 3.63) is 52.6 Å². The maximum absolute atomic E-state index is 13.8. The number of thioether (sulfide) groups is 1. The Kier molecular flexibility index (Phi) is 9.25. The van der Waals surface area contributed by atoms with Gasteiger partial charge in [0.05, 0.1) is 12.9 Å². The summed E-state index contributed by atoms with van der Waals surface area (Å²) >= 11 is 0.687. The lowest BCUT2D eigenvalue weighted by Crippen LogP contribution is -2.44. The summed E-state index contributed by atoms with van der Waals surface area (Å²) in [7, 11) is -4.32. The van der Waals surface area contributed by atoms with Crippen LogP contribution in [0.15, 0.2) is 41.5 Å². The molecular formula is C24H31N6O10PS. The SMILES string of the molecule is CC(C)(C(=O)O)C(=O)SCCOP(=O)(NCc1ccccc1)OC1O[C@@H](n2cnc3c(=O)[nH]c(N)nc32)[C@](C)(O)[C@@H]1O. The molecule has 16 nitrogen and oxygen atoms in total. The third-order valence-corrected chi connectivity index (χ3v) is 9.20. The van der Waals surface area contributed by atoms with Crippen LogP contribution >= 0.6 is 19.5 Å². The van der Waals surface area contributed by atoms with Crippen LogP contribution in [-0.2, 0) is 34.5 Å². The maximum atomic E-state index is 13.8. The second-order valence-electron chi connectivity index (χ2n) is 10.1. The smallest absolute Gasteiger partial charge is 0.408 e. The van der Waals surface area contributed by atoms with Crippen LogP contribution in [0, 0.1) is 5.41 Å². The predicted octanol–water partition coefficient (Wildman–Crippen LogP) is 0.970. The van der Waals surface area contributed by atoms with Crippen molar-refractivity contribution in [3.8, 4) is 0 Å². The molecule has 0 amide bonds. The molecule has 1 saturated heterocycles. The number of aromatic nitrogens is 4. The number of aliphatic carboxylic acids is 1. The van der Waals surface area contributed by atoms with Gasteiger partial charge in [-0.3, -0.25) is 33.0 Å². The van der Waals surface area contributed by atoms with Crippen LogP contribution in [0.25, 0.3) is 11.2 Å². The van der Waals surface area contributed by atoms with E-state index in [4.69, 9.17) is 19.5 Å². The number of imidazole rings is 1. The Morgan fingerprint density at radius 3 is 2.69 bits per heavy atom. The van der Waals surface area contributed by atoms with E-state index in [9.17, 15) is 34.3 Å². The van der Waals surface area contributed by atoms with E-state index in [-0.39, 0.29) is 36.0 Å².